The predicted octanol–water partition coefficient (Wildman–Crippen LogP) is 2.56. The largest absolute Gasteiger partial charge is 0.478 e. The molecule has 0 bridgehead atoms. The maximum absolute atomic E-state index is 11.2. The van der Waals surface area contributed by atoms with E-state index in [-0.39, 0.29) is 0 Å². The molecule has 4 nitrogen and oxygen atoms in total. The van der Waals surface area contributed by atoms with Crippen LogP contribution in [0.2, 0.25) is 0 Å². The first-order valence-corrected chi connectivity index (χ1v) is 6.26. The standard InChI is InChI=1S/C14H21NO3/c1-4-15(8-9-18-5-2)13-10-11(3)6-7-12(13)14(16)17/h6-7,10H,4-5,8-9H2,1-3H3,(H,16,17). The summed E-state index contributed by atoms with van der Waals surface area (Å²) >= 11 is 0. The van der Waals surface area contributed by atoms with Gasteiger partial charge in [0.05, 0.1) is 17.9 Å². The number of nitrogens with zero attached hydrogens (tertiary/aromatic N) is 1. The number of rotatable bonds is 7. The summed E-state index contributed by atoms with van der Waals surface area (Å²) in [6, 6.07) is 5.40. The molecule has 18 heavy (non-hydrogen) atoms. The molecule has 1 N–H and O–H groups in total. The van der Waals surface area contributed by atoms with E-state index in [4.69, 9.17) is 4.74 Å². The van der Waals surface area contributed by atoms with Crippen molar-refractivity contribution in [2.45, 2.75) is 20.8 Å². The average molecular weight is 251 g/mol. The third-order valence-corrected chi connectivity index (χ3v) is 2.82. The van der Waals surface area contributed by atoms with Crippen molar-refractivity contribution < 1.29 is 14.6 Å². The van der Waals surface area contributed by atoms with E-state index in [1.165, 1.54) is 0 Å². The summed E-state index contributed by atoms with van der Waals surface area (Å²) in [5, 5.41) is 9.21. The molecule has 100 valence electrons. The van der Waals surface area contributed by atoms with E-state index in [0.29, 0.717) is 25.3 Å². The van der Waals surface area contributed by atoms with Crippen LogP contribution in [0.5, 0.6) is 0 Å². The molecule has 0 aromatic heterocycles. The summed E-state index contributed by atoms with van der Waals surface area (Å²) < 4.78 is 5.33. The highest BCUT2D eigenvalue weighted by Gasteiger charge is 2.14. The molecule has 0 aliphatic rings. The van der Waals surface area contributed by atoms with Crippen molar-refractivity contribution >= 4 is 11.7 Å². The molecule has 0 saturated heterocycles. The quantitative estimate of drug-likeness (QED) is 0.757. The van der Waals surface area contributed by atoms with E-state index in [2.05, 4.69) is 0 Å². The fourth-order valence-corrected chi connectivity index (χ4v) is 1.85. The number of aromatic carboxylic acids is 1. The average Bonchev–Trinajstić information content (AvgIpc) is 2.34. The molecule has 0 spiro atoms. The van der Waals surface area contributed by atoms with Crippen LogP contribution in [0.1, 0.15) is 29.8 Å². The molecule has 0 amide bonds. The molecule has 1 rings (SSSR count). The van der Waals surface area contributed by atoms with Crippen LogP contribution < -0.4 is 4.90 Å². The van der Waals surface area contributed by atoms with Crippen LogP contribution in [-0.2, 0) is 4.74 Å². The number of benzene rings is 1. The Hall–Kier alpha value is -1.55. The molecule has 1 aromatic carbocycles. The number of carbonyl (C=O) groups is 1. The van der Waals surface area contributed by atoms with Crippen molar-refractivity contribution in [1.82, 2.24) is 0 Å². The second-order valence-electron chi connectivity index (χ2n) is 4.10. The van der Waals surface area contributed by atoms with Crippen molar-refractivity contribution in [2.75, 3.05) is 31.2 Å². The maximum atomic E-state index is 11.2. The molecule has 0 aliphatic carbocycles. The van der Waals surface area contributed by atoms with Crippen LogP contribution in [0.3, 0.4) is 0 Å². The monoisotopic (exact) mass is 251 g/mol. The number of aryl methyl sites for hydroxylation is 1. The lowest BCUT2D eigenvalue weighted by atomic mass is 10.1. The Balaban J connectivity index is 2.95. The number of hydrogen-bond donors (Lipinski definition) is 1. The van der Waals surface area contributed by atoms with Crippen LogP contribution in [0.15, 0.2) is 18.2 Å². The zero-order valence-corrected chi connectivity index (χ0v) is 11.3. The highest BCUT2D eigenvalue weighted by molar-refractivity contribution is 5.94. The number of hydrogen-bond acceptors (Lipinski definition) is 3. The van der Waals surface area contributed by atoms with Crippen molar-refractivity contribution in [3.63, 3.8) is 0 Å². The van der Waals surface area contributed by atoms with Gasteiger partial charge in [-0.05, 0) is 38.5 Å². The molecule has 0 unspecified atom stereocenters. The highest BCUT2D eigenvalue weighted by atomic mass is 16.5. The van der Waals surface area contributed by atoms with Crippen LogP contribution in [0.4, 0.5) is 5.69 Å². The Bertz CT molecular complexity index is 404. The summed E-state index contributed by atoms with van der Waals surface area (Å²) in [6.45, 7) is 8.68. The summed E-state index contributed by atoms with van der Waals surface area (Å²) in [6.07, 6.45) is 0. The molecule has 0 heterocycles. The number of likely N-dealkylation sites (N-methyl/N-ethyl adjacent to an activating group) is 1. The third-order valence-electron chi connectivity index (χ3n) is 2.82. The normalized spacial score (nSPS) is 10.4. The van der Waals surface area contributed by atoms with Crippen molar-refractivity contribution in [3.05, 3.63) is 29.3 Å². The summed E-state index contributed by atoms with van der Waals surface area (Å²) in [5.74, 6) is -0.889. The second-order valence-corrected chi connectivity index (χ2v) is 4.10. The van der Waals surface area contributed by atoms with E-state index in [0.717, 1.165) is 17.8 Å². The summed E-state index contributed by atoms with van der Waals surface area (Å²) in [5.41, 5.74) is 2.17. The molecular formula is C14H21NO3. The first-order valence-electron chi connectivity index (χ1n) is 6.26. The molecular weight excluding hydrogens is 230 g/mol. The molecule has 0 aliphatic heterocycles. The molecule has 1 aromatic rings. The van der Waals surface area contributed by atoms with Gasteiger partial charge < -0.3 is 14.7 Å². The van der Waals surface area contributed by atoms with Crippen molar-refractivity contribution in [2.24, 2.45) is 0 Å². The van der Waals surface area contributed by atoms with E-state index in [1.807, 2.05) is 37.8 Å². The van der Waals surface area contributed by atoms with Gasteiger partial charge in [-0.3, -0.25) is 0 Å². The lowest BCUT2D eigenvalue weighted by molar-refractivity contribution is 0.0697. The van der Waals surface area contributed by atoms with Crippen LogP contribution in [0.25, 0.3) is 0 Å². The Morgan fingerprint density at radius 1 is 1.39 bits per heavy atom. The van der Waals surface area contributed by atoms with Gasteiger partial charge >= 0.3 is 5.97 Å². The van der Waals surface area contributed by atoms with Crippen LogP contribution >= 0.6 is 0 Å². The minimum absolute atomic E-state index is 0.346. The predicted molar refractivity (Wildman–Crippen MR) is 72.5 cm³/mol. The zero-order valence-electron chi connectivity index (χ0n) is 11.3. The third kappa shape index (κ3) is 3.74. The van der Waals surface area contributed by atoms with Gasteiger partial charge in [0.1, 0.15) is 0 Å². The van der Waals surface area contributed by atoms with Crippen LogP contribution in [0, 0.1) is 6.92 Å². The fraction of sp³-hybridized carbons (Fsp3) is 0.500. The second kappa shape index (κ2) is 7.01. The molecule has 0 radical (unpaired) electrons. The number of anilines is 1. The van der Waals surface area contributed by atoms with E-state index in [9.17, 15) is 9.90 Å². The highest BCUT2D eigenvalue weighted by Crippen LogP contribution is 2.22. The number of carboxylic acids is 1. The Morgan fingerprint density at radius 3 is 2.67 bits per heavy atom. The van der Waals surface area contributed by atoms with Gasteiger partial charge in [-0.15, -0.1) is 0 Å². The molecule has 0 fully saturated rings. The van der Waals surface area contributed by atoms with Gasteiger partial charge in [0.2, 0.25) is 0 Å². The maximum Gasteiger partial charge on any atom is 0.337 e. The fourth-order valence-electron chi connectivity index (χ4n) is 1.85. The molecule has 0 atom stereocenters. The summed E-state index contributed by atoms with van der Waals surface area (Å²) in [4.78, 5) is 13.3. The smallest absolute Gasteiger partial charge is 0.337 e. The van der Waals surface area contributed by atoms with Crippen molar-refractivity contribution in [1.29, 1.82) is 0 Å². The SMILES string of the molecule is CCOCCN(CC)c1cc(C)ccc1C(=O)O. The number of carboxylic acid groups (broad SMARTS) is 1. The minimum Gasteiger partial charge on any atom is -0.478 e. The van der Waals surface area contributed by atoms with E-state index < -0.39 is 5.97 Å². The van der Waals surface area contributed by atoms with E-state index >= 15 is 0 Å². The Morgan fingerprint density at radius 2 is 2.11 bits per heavy atom. The van der Waals surface area contributed by atoms with Gasteiger partial charge in [0, 0.05) is 19.7 Å². The first kappa shape index (κ1) is 14.5. The van der Waals surface area contributed by atoms with E-state index in [1.54, 1.807) is 6.07 Å². The molecule has 4 heteroatoms. The zero-order chi connectivity index (χ0) is 13.5. The lowest BCUT2D eigenvalue weighted by Crippen LogP contribution is -2.28. The topological polar surface area (TPSA) is 49.8 Å². The molecule has 0 saturated carbocycles. The Labute approximate surface area is 108 Å². The Kier molecular flexibility index (Phi) is 5.65. The lowest BCUT2D eigenvalue weighted by Gasteiger charge is -2.25. The van der Waals surface area contributed by atoms with Crippen LogP contribution in [-0.4, -0.2) is 37.4 Å². The van der Waals surface area contributed by atoms with Gasteiger partial charge in [0.25, 0.3) is 0 Å². The van der Waals surface area contributed by atoms with Crippen molar-refractivity contribution in [3.8, 4) is 0 Å². The number of ether oxygens (including phenoxy) is 1. The minimum atomic E-state index is -0.889. The summed E-state index contributed by atoms with van der Waals surface area (Å²) in [7, 11) is 0. The first-order chi connectivity index (χ1) is 8.60. The van der Waals surface area contributed by atoms with Gasteiger partial charge in [-0.25, -0.2) is 4.79 Å². The van der Waals surface area contributed by atoms with Gasteiger partial charge in [0.15, 0.2) is 0 Å². The van der Waals surface area contributed by atoms with Gasteiger partial charge in [-0.2, -0.15) is 0 Å². The van der Waals surface area contributed by atoms with Gasteiger partial charge in [-0.1, -0.05) is 6.07 Å².